The fourth-order valence-corrected chi connectivity index (χ4v) is 4.18. The first-order valence-corrected chi connectivity index (χ1v) is 12.0. The Balaban J connectivity index is 0. The lowest BCUT2D eigenvalue weighted by molar-refractivity contribution is -0.143. The predicted octanol–water partition coefficient (Wildman–Crippen LogP) is 4.21. The first-order valence-electron chi connectivity index (χ1n) is 11.0. The van der Waals surface area contributed by atoms with Gasteiger partial charge in [-0.15, -0.1) is 11.8 Å². The molecule has 0 aromatic rings. The second-order valence-electron chi connectivity index (χ2n) is 7.88. The van der Waals surface area contributed by atoms with E-state index in [9.17, 15) is 10.1 Å². The van der Waals surface area contributed by atoms with Gasteiger partial charge in [-0.25, -0.2) is 4.79 Å². The van der Waals surface area contributed by atoms with Gasteiger partial charge in [0, 0.05) is 18.8 Å². The molecule has 4 N–H and O–H groups in total. The van der Waals surface area contributed by atoms with Crippen LogP contribution < -0.4 is 11.1 Å². The number of carbonyl (C=O) groups excluding carboxylic acids is 1. The van der Waals surface area contributed by atoms with Gasteiger partial charge in [0.25, 0.3) is 0 Å². The Kier molecular flexibility index (Phi) is 18.6. The predicted molar refractivity (Wildman–Crippen MR) is 139 cm³/mol. The smallest absolute Gasteiger partial charge is 0.328 e. The summed E-state index contributed by atoms with van der Waals surface area (Å²) in [6.07, 6.45) is 3.27. The molecule has 2 unspecified atom stereocenters. The Labute approximate surface area is 209 Å². The number of thioether (sulfide) groups is 1. The van der Waals surface area contributed by atoms with E-state index in [1.807, 2.05) is 26.8 Å². The van der Waals surface area contributed by atoms with Crippen LogP contribution in [0.15, 0.2) is 46.0 Å². The van der Waals surface area contributed by atoms with E-state index in [0.29, 0.717) is 34.4 Å². The number of rotatable bonds is 10. The van der Waals surface area contributed by atoms with Gasteiger partial charge in [0.1, 0.15) is 17.7 Å². The Morgan fingerprint density at radius 1 is 1.26 bits per heavy atom. The number of nitrogens with two attached hydrogens (primary N) is 1. The van der Waals surface area contributed by atoms with Gasteiger partial charge in [0.15, 0.2) is 0 Å². The van der Waals surface area contributed by atoms with E-state index in [1.165, 1.54) is 18.9 Å². The molecule has 8 nitrogen and oxygen atoms in total. The monoisotopic (exact) mass is 497 g/mol. The number of nitrogens with zero attached hydrogens (tertiary/aromatic N) is 1. The van der Waals surface area contributed by atoms with Gasteiger partial charge < -0.3 is 30.4 Å². The van der Waals surface area contributed by atoms with Crippen LogP contribution in [0.5, 0.6) is 0 Å². The largest absolute Gasteiger partial charge is 0.502 e. The Hall–Kier alpha value is -2.57. The lowest BCUT2D eigenvalue weighted by Crippen LogP contribution is -2.39. The summed E-state index contributed by atoms with van der Waals surface area (Å²) < 4.78 is 14.8. The van der Waals surface area contributed by atoms with Crippen LogP contribution in [0.25, 0.3) is 0 Å². The second kappa shape index (κ2) is 18.8. The fraction of sp³-hybridized carbons (Fsp3) is 0.600. The lowest BCUT2D eigenvalue weighted by atomic mass is 9.96. The number of hydrogen-bond donors (Lipinski definition) is 3. The molecule has 0 bridgehead atoms. The molecule has 2 atom stereocenters. The van der Waals surface area contributed by atoms with Gasteiger partial charge in [0.05, 0.1) is 43.6 Å². The first kappa shape index (κ1) is 33.6. The van der Waals surface area contributed by atoms with Crippen molar-refractivity contribution in [3.63, 3.8) is 0 Å². The molecule has 9 heteroatoms. The number of aliphatic hydroxyl groups is 1. The zero-order valence-electron chi connectivity index (χ0n) is 22.2. The van der Waals surface area contributed by atoms with Crippen molar-refractivity contribution >= 4 is 17.7 Å². The van der Waals surface area contributed by atoms with Crippen molar-refractivity contribution in [2.45, 2.75) is 53.5 Å². The van der Waals surface area contributed by atoms with E-state index in [0.717, 1.165) is 30.6 Å². The molecule has 0 amide bonds. The third-order valence-corrected chi connectivity index (χ3v) is 5.89. The summed E-state index contributed by atoms with van der Waals surface area (Å²) in [7, 11) is 5.62. The number of esters is 1. The van der Waals surface area contributed by atoms with Crippen LogP contribution in [0.3, 0.4) is 0 Å². The zero-order chi connectivity index (χ0) is 26.8. The topological polar surface area (TPSA) is 127 Å². The molecule has 1 aliphatic heterocycles. The minimum atomic E-state index is -0.503. The number of ether oxygens (including phenoxy) is 3. The molecule has 0 radical (unpaired) electrons. The molecule has 34 heavy (non-hydrogen) atoms. The van der Waals surface area contributed by atoms with Gasteiger partial charge >= 0.3 is 5.97 Å². The van der Waals surface area contributed by atoms with E-state index < -0.39 is 6.04 Å². The van der Waals surface area contributed by atoms with Crippen molar-refractivity contribution in [1.82, 2.24) is 5.32 Å². The standard InChI is InChI=1S/C20H31N3O3S.C4H8O.CH4O/c1-7-17(25-5)13(4)9-14-11-27-19(15(10-21)18(14)22)23-16(8-12(2)3)20(24)26-6;1-4(2)5-3;1-2/h7,12-13,16,23H,8-9,11,22H2,1-6H3;1H2,2-3H3;2H,1H3/b17-7+;;. The van der Waals surface area contributed by atoms with Crippen LogP contribution >= 0.6 is 11.8 Å². The minimum absolute atomic E-state index is 0.173. The average molecular weight is 498 g/mol. The van der Waals surface area contributed by atoms with Gasteiger partial charge in [-0.3, -0.25) is 0 Å². The molecule has 0 saturated heterocycles. The lowest BCUT2D eigenvalue weighted by Gasteiger charge is -2.26. The highest BCUT2D eigenvalue weighted by Gasteiger charge is 2.27. The van der Waals surface area contributed by atoms with Crippen LogP contribution in [0.2, 0.25) is 0 Å². The Bertz CT molecular complexity index is 782. The molecule has 1 rings (SSSR count). The van der Waals surface area contributed by atoms with E-state index in [-0.39, 0.29) is 11.9 Å². The van der Waals surface area contributed by atoms with Crippen LogP contribution in [0.4, 0.5) is 0 Å². The molecule has 0 aliphatic carbocycles. The molecular formula is C25H43N3O5S. The van der Waals surface area contributed by atoms with Crippen molar-refractivity contribution in [2.75, 3.05) is 34.2 Å². The van der Waals surface area contributed by atoms with E-state index in [1.54, 1.807) is 21.1 Å². The van der Waals surface area contributed by atoms with Crippen molar-refractivity contribution < 1.29 is 24.1 Å². The van der Waals surface area contributed by atoms with Crippen LogP contribution in [-0.4, -0.2) is 51.3 Å². The quantitative estimate of drug-likeness (QED) is 0.300. The van der Waals surface area contributed by atoms with Crippen molar-refractivity contribution in [3.8, 4) is 6.07 Å². The minimum Gasteiger partial charge on any atom is -0.502 e. The molecule has 0 aromatic heterocycles. The first-order chi connectivity index (χ1) is 16.1. The summed E-state index contributed by atoms with van der Waals surface area (Å²) in [5.41, 5.74) is 8.21. The normalized spacial score (nSPS) is 15.1. The van der Waals surface area contributed by atoms with E-state index >= 15 is 0 Å². The number of nitrogens with one attached hydrogen (secondary N) is 1. The van der Waals surface area contributed by atoms with Crippen LogP contribution in [0.1, 0.15) is 47.5 Å². The molecule has 0 saturated carbocycles. The van der Waals surface area contributed by atoms with Crippen LogP contribution in [0, 0.1) is 23.2 Å². The number of hydrogen-bond acceptors (Lipinski definition) is 9. The zero-order valence-corrected chi connectivity index (χ0v) is 23.0. The van der Waals surface area contributed by atoms with E-state index in [2.05, 4.69) is 29.6 Å². The second-order valence-corrected chi connectivity index (χ2v) is 8.86. The highest BCUT2D eigenvalue weighted by molar-refractivity contribution is 8.03. The number of allylic oxidation sites excluding steroid dienone is 4. The van der Waals surface area contributed by atoms with Gasteiger partial charge in [0.2, 0.25) is 0 Å². The van der Waals surface area contributed by atoms with Gasteiger partial charge in [-0.2, -0.15) is 5.26 Å². The molecule has 1 heterocycles. The molecule has 0 fully saturated rings. The van der Waals surface area contributed by atoms with Gasteiger partial charge in [-0.05, 0) is 44.3 Å². The van der Waals surface area contributed by atoms with Crippen molar-refractivity contribution in [2.24, 2.45) is 17.6 Å². The number of nitriles is 1. The molecular weight excluding hydrogens is 454 g/mol. The van der Waals surface area contributed by atoms with Crippen molar-refractivity contribution in [1.29, 1.82) is 5.26 Å². The van der Waals surface area contributed by atoms with Crippen LogP contribution in [-0.2, 0) is 19.0 Å². The van der Waals surface area contributed by atoms with Crippen molar-refractivity contribution in [3.05, 3.63) is 46.0 Å². The maximum Gasteiger partial charge on any atom is 0.328 e. The molecule has 1 aliphatic rings. The Morgan fingerprint density at radius 3 is 2.21 bits per heavy atom. The third-order valence-electron chi connectivity index (χ3n) is 4.78. The maximum absolute atomic E-state index is 12.1. The SMILES string of the molecule is C/C=C(/OC)C(C)CC1=C(N)C(C#N)=C(NC(CC(C)C)C(=O)OC)SC1.C=C(C)OC.CO. The summed E-state index contributed by atoms with van der Waals surface area (Å²) in [6.45, 7) is 13.3. The number of aliphatic hydroxyl groups excluding tert-OH is 1. The summed E-state index contributed by atoms with van der Waals surface area (Å²) in [5, 5.41) is 20.5. The highest BCUT2D eigenvalue weighted by atomic mass is 32.2. The third kappa shape index (κ3) is 12.1. The highest BCUT2D eigenvalue weighted by Crippen LogP contribution is 2.34. The summed E-state index contributed by atoms with van der Waals surface area (Å²) in [6, 6.07) is 1.69. The summed E-state index contributed by atoms with van der Waals surface area (Å²) in [4.78, 5) is 12.1. The maximum atomic E-state index is 12.1. The van der Waals surface area contributed by atoms with Gasteiger partial charge in [-0.1, -0.05) is 27.4 Å². The fourth-order valence-electron chi connectivity index (χ4n) is 3.06. The average Bonchev–Trinajstić information content (AvgIpc) is 2.82. The molecule has 0 aromatic carbocycles. The number of methoxy groups -OCH3 is 3. The summed E-state index contributed by atoms with van der Waals surface area (Å²) >= 11 is 1.50. The summed E-state index contributed by atoms with van der Waals surface area (Å²) in [5.74, 6) is 2.46. The Morgan fingerprint density at radius 2 is 1.82 bits per heavy atom. The number of carbonyl (C=O) groups is 1. The molecule has 194 valence electrons. The van der Waals surface area contributed by atoms with E-state index in [4.69, 9.17) is 20.3 Å². The molecule has 0 spiro atoms.